The van der Waals surface area contributed by atoms with Gasteiger partial charge in [-0.05, 0) is 29.2 Å². The van der Waals surface area contributed by atoms with Crippen molar-refractivity contribution in [2.45, 2.75) is 19.8 Å². The van der Waals surface area contributed by atoms with Crippen molar-refractivity contribution in [2.75, 3.05) is 0 Å². The van der Waals surface area contributed by atoms with Crippen molar-refractivity contribution in [3.63, 3.8) is 0 Å². The predicted molar refractivity (Wildman–Crippen MR) is 90.3 cm³/mol. The van der Waals surface area contributed by atoms with Crippen molar-refractivity contribution in [1.82, 2.24) is 0 Å². The number of hydrogen-bond acceptors (Lipinski definition) is 1. The van der Waals surface area contributed by atoms with Gasteiger partial charge < -0.3 is 5.73 Å². The maximum Gasteiger partial charge on any atom is 0.0207 e. The van der Waals surface area contributed by atoms with E-state index in [1.807, 2.05) is 31.2 Å². The van der Waals surface area contributed by atoms with Gasteiger partial charge in [-0.1, -0.05) is 75.2 Å². The number of nitrogens with two attached hydrogens (primary N) is 1. The molecule has 0 aliphatic carbocycles. The molecule has 1 nitrogen and oxygen atoms in total. The molecule has 0 aliphatic rings. The lowest BCUT2D eigenvalue weighted by Crippen LogP contribution is -2.06. The van der Waals surface area contributed by atoms with Crippen LogP contribution in [0.5, 0.6) is 0 Å². The van der Waals surface area contributed by atoms with E-state index in [2.05, 4.69) is 50.9 Å². The van der Waals surface area contributed by atoms with Crippen LogP contribution in [0.4, 0.5) is 0 Å². The second-order valence-electron chi connectivity index (χ2n) is 4.81. The van der Waals surface area contributed by atoms with Crippen LogP contribution in [-0.2, 0) is 0 Å². The van der Waals surface area contributed by atoms with E-state index in [-0.39, 0.29) is 5.92 Å². The first-order valence-corrected chi connectivity index (χ1v) is 6.68. The average molecular weight is 265 g/mol. The van der Waals surface area contributed by atoms with E-state index in [1.54, 1.807) is 0 Å². The van der Waals surface area contributed by atoms with Crippen LogP contribution < -0.4 is 5.73 Å². The van der Waals surface area contributed by atoms with Gasteiger partial charge in [0.25, 0.3) is 0 Å². The van der Waals surface area contributed by atoms with Crippen molar-refractivity contribution in [1.29, 1.82) is 0 Å². The lowest BCUT2D eigenvalue weighted by molar-refractivity contribution is 0.880. The summed E-state index contributed by atoms with van der Waals surface area (Å²) in [5.41, 5.74) is 11.0. The molecule has 1 unspecified atom stereocenters. The highest BCUT2D eigenvalue weighted by Crippen LogP contribution is 2.25. The lowest BCUT2D eigenvalue weighted by atomic mass is 9.93. The standard InChI is InChI=1S/C19H23N/c1-6-14(3)17(7-2)12-13-18-10-8-9-11-19(18)15(4)16(5)20/h6-13,15H,1-2,5,20H2,3-4H3/b13-12-,17-14+. The maximum atomic E-state index is 5.83. The minimum absolute atomic E-state index is 0.132. The number of hydrogen-bond donors (Lipinski definition) is 1. The summed E-state index contributed by atoms with van der Waals surface area (Å²) in [6.07, 6.45) is 7.80. The van der Waals surface area contributed by atoms with Crippen LogP contribution >= 0.6 is 0 Å². The minimum Gasteiger partial charge on any atom is -0.402 e. The fourth-order valence-electron chi connectivity index (χ4n) is 1.91. The molecule has 0 aromatic heterocycles. The monoisotopic (exact) mass is 265 g/mol. The molecule has 0 aliphatic heterocycles. The first kappa shape index (κ1) is 15.8. The van der Waals surface area contributed by atoms with Gasteiger partial charge in [-0.3, -0.25) is 0 Å². The van der Waals surface area contributed by atoms with Crippen LogP contribution in [0, 0.1) is 0 Å². The van der Waals surface area contributed by atoms with Gasteiger partial charge in [0.2, 0.25) is 0 Å². The largest absolute Gasteiger partial charge is 0.402 e. The molecule has 0 heterocycles. The van der Waals surface area contributed by atoms with E-state index >= 15 is 0 Å². The van der Waals surface area contributed by atoms with Crippen molar-refractivity contribution in [3.05, 3.63) is 90.2 Å². The fraction of sp³-hybridized carbons (Fsp3) is 0.158. The van der Waals surface area contributed by atoms with Crippen LogP contribution in [0.2, 0.25) is 0 Å². The predicted octanol–water partition coefficient (Wildman–Crippen LogP) is 4.96. The first-order chi connectivity index (χ1) is 9.51. The third-order valence-electron chi connectivity index (χ3n) is 3.44. The summed E-state index contributed by atoms with van der Waals surface area (Å²) in [6.45, 7) is 15.5. The summed E-state index contributed by atoms with van der Waals surface area (Å²) in [5, 5.41) is 0. The molecule has 1 atom stereocenters. The van der Waals surface area contributed by atoms with Crippen LogP contribution in [-0.4, -0.2) is 0 Å². The first-order valence-electron chi connectivity index (χ1n) is 6.68. The maximum absolute atomic E-state index is 5.83. The second-order valence-corrected chi connectivity index (χ2v) is 4.81. The molecule has 0 fully saturated rings. The molecule has 0 amide bonds. The Labute approximate surface area is 122 Å². The van der Waals surface area contributed by atoms with Crippen molar-refractivity contribution >= 4 is 6.08 Å². The molecule has 0 saturated carbocycles. The highest BCUT2D eigenvalue weighted by molar-refractivity contribution is 5.60. The van der Waals surface area contributed by atoms with Crippen LogP contribution in [0.15, 0.2) is 79.1 Å². The SMILES string of the molecule is C=C/C(C)=C(C=C)/C=C\c1ccccc1C(C)C(=C)N. The Kier molecular flexibility index (Phi) is 5.79. The molecule has 0 bridgehead atoms. The van der Waals surface area contributed by atoms with E-state index in [1.165, 1.54) is 5.56 Å². The molecule has 20 heavy (non-hydrogen) atoms. The highest BCUT2D eigenvalue weighted by atomic mass is 14.6. The van der Waals surface area contributed by atoms with E-state index in [0.29, 0.717) is 5.70 Å². The van der Waals surface area contributed by atoms with Crippen molar-refractivity contribution in [2.24, 2.45) is 5.73 Å². The quantitative estimate of drug-likeness (QED) is 0.722. The van der Waals surface area contributed by atoms with Gasteiger partial charge in [0.05, 0.1) is 0 Å². The zero-order valence-corrected chi connectivity index (χ0v) is 12.4. The fourth-order valence-corrected chi connectivity index (χ4v) is 1.91. The Morgan fingerprint density at radius 2 is 1.85 bits per heavy atom. The summed E-state index contributed by atoms with van der Waals surface area (Å²) in [6, 6.07) is 8.20. The molecular weight excluding hydrogens is 242 g/mol. The van der Waals surface area contributed by atoms with Gasteiger partial charge in [-0.2, -0.15) is 0 Å². The van der Waals surface area contributed by atoms with E-state index in [9.17, 15) is 0 Å². The lowest BCUT2D eigenvalue weighted by Gasteiger charge is -2.14. The summed E-state index contributed by atoms with van der Waals surface area (Å²) in [4.78, 5) is 0. The summed E-state index contributed by atoms with van der Waals surface area (Å²) < 4.78 is 0. The third kappa shape index (κ3) is 3.86. The van der Waals surface area contributed by atoms with Crippen LogP contribution in [0.3, 0.4) is 0 Å². The summed E-state index contributed by atoms with van der Waals surface area (Å²) in [7, 11) is 0. The van der Waals surface area contributed by atoms with Gasteiger partial charge in [0, 0.05) is 11.6 Å². The van der Waals surface area contributed by atoms with Gasteiger partial charge >= 0.3 is 0 Å². The van der Waals surface area contributed by atoms with Gasteiger partial charge in [-0.25, -0.2) is 0 Å². The molecule has 2 N–H and O–H groups in total. The molecule has 104 valence electrons. The number of rotatable bonds is 6. The van der Waals surface area contributed by atoms with Crippen LogP contribution in [0.1, 0.15) is 30.9 Å². The molecular formula is C19H23N. The Morgan fingerprint density at radius 1 is 1.20 bits per heavy atom. The van der Waals surface area contributed by atoms with Gasteiger partial charge in [0.15, 0.2) is 0 Å². The molecule has 0 radical (unpaired) electrons. The van der Waals surface area contributed by atoms with Gasteiger partial charge in [-0.15, -0.1) is 0 Å². The molecule has 1 heteroatoms. The second kappa shape index (κ2) is 7.34. The zero-order chi connectivity index (χ0) is 15.1. The van der Waals surface area contributed by atoms with Crippen LogP contribution in [0.25, 0.3) is 6.08 Å². The topological polar surface area (TPSA) is 26.0 Å². The van der Waals surface area contributed by atoms with Gasteiger partial charge in [0.1, 0.15) is 0 Å². The number of benzene rings is 1. The molecule has 1 aromatic carbocycles. The normalized spacial score (nSPS) is 13.7. The molecule has 1 rings (SSSR count). The highest BCUT2D eigenvalue weighted by Gasteiger charge is 2.09. The van der Waals surface area contributed by atoms with E-state index in [0.717, 1.165) is 16.7 Å². The van der Waals surface area contributed by atoms with Crippen molar-refractivity contribution in [3.8, 4) is 0 Å². The molecule has 0 spiro atoms. The third-order valence-corrected chi connectivity index (χ3v) is 3.44. The smallest absolute Gasteiger partial charge is 0.0207 e. The summed E-state index contributed by atoms with van der Waals surface area (Å²) >= 11 is 0. The molecule has 0 saturated heterocycles. The average Bonchev–Trinajstić information content (AvgIpc) is 2.47. The van der Waals surface area contributed by atoms with Crippen molar-refractivity contribution < 1.29 is 0 Å². The van der Waals surface area contributed by atoms with E-state index < -0.39 is 0 Å². The Hall–Kier alpha value is -2.28. The number of allylic oxidation sites excluding steroid dienone is 6. The zero-order valence-electron chi connectivity index (χ0n) is 12.4. The van der Waals surface area contributed by atoms with E-state index in [4.69, 9.17) is 5.73 Å². The Bertz CT molecular complexity index is 573. The minimum atomic E-state index is 0.132. The Morgan fingerprint density at radius 3 is 2.40 bits per heavy atom. The summed E-state index contributed by atoms with van der Waals surface area (Å²) in [5.74, 6) is 0.132. The molecule has 1 aromatic rings. The Balaban J connectivity index is 3.19.